The molecule has 1 heterocycles. The SMILES string of the molecule is CCOc1ccc(C(=O)N(C)Cc2nc3ccccc3s2)cc1OCC. The highest BCUT2D eigenvalue weighted by molar-refractivity contribution is 7.18. The molecule has 0 aliphatic heterocycles. The van der Waals surface area contributed by atoms with Crippen molar-refractivity contribution in [3.8, 4) is 11.5 Å². The zero-order valence-corrected chi connectivity index (χ0v) is 16.0. The Balaban J connectivity index is 1.77. The Labute approximate surface area is 157 Å². The minimum atomic E-state index is -0.0757. The van der Waals surface area contributed by atoms with E-state index < -0.39 is 0 Å². The molecular formula is C20H22N2O3S. The number of rotatable bonds is 7. The van der Waals surface area contributed by atoms with Crippen LogP contribution in [-0.2, 0) is 6.54 Å². The van der Waals surface area contributed by atoms with E-state index in [1.54, 1.807) is 41.5 Å². The lowest BCUT2D eigenvalue weighted by molar-refractivity contribution is 0.0784. The number of hydrogen-bond acceptors (Lipinski definition) is 5. The number of nitrogens with zero attached hydrogens (tertiary/aromatic N) is 2. The second kappa shape index (κ2) is 8.19. The number of ether oxygens (including phenoxy) is 2. The van der Waals surface area contributed by atoms with E-state index in [1.165, 1.54) is 0 Å². The summed E-state index contributed by atoms with van der Waals surface area (Å²) >= 11 is 1.61. The van der Waals surface area contributed by atoms with Crippen LogP contribution in [0.2, 0.25) is 0 Å². The monoisotopic (exact) mass is 370 g/mol. The van der Waals surface area contributed by atoms with E-state index in [4.69, 9.17) is 9.47 Å². The minimum absolute atomic E-state index is 0.0757. The van der Waals surface area contributed by atoms with E-state index in [9.17, 15) is 4.79 Å². The molecule has 1 aromatic heterocycles. The van der Waals surface area contributed by atoms with E-state index in [2.05, 4.69) is 4.98 Å². The number of aromatic nitrogens is 1. The Kier molecular flexibility index (Phi) is 5.73. The molecule has 1 amide bonds. The number of para-hydroxylation sites is 1. The average molecular weight is 370 g/mol. The molecule has 0 N–H and O–H groups in total. The van der Waals surface area contributed by atoms with Crippen LogP contribution in [0, 0.1) is 0 Å². The van der Waals surface area contributed by atoms with Crippen molar-refractivity contribution in [1.82, 2.24) is 9.88 Å². The lowest BCUT2D eigenvalue weighted by Gasteiger charge is -2.17. The molecule has 0 fully saturated rings. The van der Waals surface area contributed by atoms with Gasteiger partial charge in [-0.1, -0.05) is 12.1 Å². The molecule has 0 spiro atoms. The molecule has 136 valence electrons. The van der Waals surface area contributed by atoms with E-state index in [0.717, 1.165) is 15.2 Å². The summed E-state index contributed by atoms with van der Waals surface area (Å²) in [5.74, 6) is 1.17. The van der Waals surface area contributed by atoms with Gasteiger partial charge in [-0.3, -0.25) is 4.79 Å². The summed E-state index contributed by atoms with van der Waals surface area (Å²) in [6, 6.07) is 13.3. The first kappa shape index (κ1) is 18.2. The Hall–Kier alpha value is -2.60. The number of amides is 1. The highest BCUT2D eigenvalue weighted by Crippen LogP contribution is 2.29. The third-order valence-electron chi connectivity index (χ3n) is 3.85. The topological polar surface area (TPSA) is 51.7 Å². The Morgan fingerprint density at radius 3 is 2.54 bits per heavy atom. The molecule has 3 rings (SSSR count). The molecule has 2 aromatic carbocycles. The smallest absolute Gasteiger partial charge is 0.254 e. The lowest BCUT2D eigenvalue weighted by atomic mass is 10.1. The van der Waals surface area contributed by atoms with Crippen molar-refractivity contribution in [2.24, 2.45) is 0 Å². The lowest BCUT2D eigenvalue weighted by Crippen LogP contribution is -2.26. The summed E-state index contributed by atoms with van der Waals surface area (Å²) in [7, 11) is 1.78. The summed E-state index contributed by atoms with van der Waals surface area (Å²) in [5, 5.41) is 0.915. The molecule has 0 aliphatic carbocycles. The number of carbonyl (C=O) groups excluding carboxylic acids is 1. The molecular weight excluding hydrogens is 348 g/mol. The molecule has 0 unspecified atom stereocenters. The molecule has 0 bridgehead atoms. The zero-order chi connectivity index (χ0) is 18.5. The van der Waals surface area contributed by atoms with Gasteiger partial charge in [0.05, 0.1) is 30.0 Å². The number of thiazole rings is 1. The van der Waals surface area contributed by atoms with E-state index in [-0.39, 0.29) is 5.91 Å². The normalized spacial score (nSPS) is 10.7. The van der Waals surface area contributed by atoms with Gasteiger partial charge in [0, 0.05) is 12.6 Å². The van der Waals surface area contributed by atoms with Gasteiger partial charge in [0.1, 0.15) is 5.01 Å². The van der Waals surface area contributed by atoms with Crippen molar-refractivity contribution in [2.45, 2.75) is 20.4 Å². The van der Waals surface area contributed by atoms with Crippen LogP contribution < -0.4 is 9.47 Å². The van der Waals surface area contributed by atoms with Gasteiger partial charge in [0.25, 0.3) is 5.91 Å². The second-order valence-corrected chi connectivity index (χ2v) is 6.88. The van der Waals surface area contributed by atoms with Crippen molar-refractivity contribution < 1.29 is 14.3 Å². The van der Waals surface area contributed by atoms with Crippen molar-refractivity contribution in [2.75, 3.05) is 20.3 Å². The molecule has 0 atom stereocenters. The minimum Gasteiger partial charge on any atom is -0.490 e. The molecule has 0 radical (unpaired) electrons. The molecule has 5 nitrogen and oxygen atoms in total. The van der Waals surface area contributed by atoms with Gasteiger partial charge in [-0.25, -0.2) is 4.98 Å². The van der Waals surface area contributed by atoms with E-state index in [0.29, 0.717) is 36.8 Å². The van der Waals surface area contributed by atoms with Crippen LogP contribution in [-0.4, -0.2) is 36.1 Å². The van der Waals surface area contributed by atoms with Crippen molar-refractivity contribution >= 4 is 27.5 Å². The Morgan fingerprint density at radius 2 is 1.81 bits per heavy atom. The van der Waals surface area contributed by atoms with Gasteiger partial charge in [-0.2, -0.15) is 0 Å². The van der Waals surface area contributed by atoms with Crippen LogP contribution in [0.5, 0.6) is 11.5 Å². The van der Waals surface area contributed by atoms with E-state index in [1.807, 2.05) is 38.1 Å². The van der Waals surface area contributed by atoms with Crippen LogP contribution in [0.25, 0.3) is 10.2 Å². The summed E-state index contributed by atoms with van der Waals surface area (Å²) < 4.78 is 12.3. The van der Waals surface area contributed by atoms with Crippen molar-refractivity contribution in [3.05, 3.63) is 53.0 Å². The fraction of sp³-hybridized carbons (Fsp3) is 0.300. The molecule has 6 heteroatoms. The number of hydrogen-bond donors (Lipinski definition) is 0. The third-order valence-corrected chi connectivity index (χ3v) is 4.87. The fourth-order valence-electron chi connectivity index (χ4n) is 2.67. The van der Waals surface area contributed by atoms with Crippen LogP contribution in [0.3, 0.4) is 0 Å². The number of carbonyl (C=O) groups is 1. The standard InChI is InChI=1S/C20H22N2O3S/c1-4-24-16-11-10-14(12-17(16)25-5-2)20(23)22(3)13-19-21-15-8-6-7-9-18(15)26-19/h6-12H,4-5,13H2,1-3H3. The third kappa shape index (κ3) is 3.96. The molecule has 3 aromatic rings. The number of benzene rings is 2. The van der Waals surface area contributed by atoms with Crippen molar-refractivity contribution in [1.29, 1.82) is 0 Å². The Bertz CT molecular complexity index is 874. The fourth-order valence-corrected chi connectivity index (χ4v) is 3.69. The summed E-state index contributed by atoms with van der Waals surface area (Å²) in [4.78, 5) is 19.1. The van der Waals surface area contributed by atoms with Gasteiger partial charge >= 0.3 is 0 Å². The largest absolute Gasteiger partial charge is 0.490 e. The number of fused-ring (bicyclic) bond motifs is 1. The second-order valence-electron chi connectivity index (χ2n) is 5.76. The molecule has 26 heavy (non-hydrogen) atoms. The first-order valence-electron chi connectivity index (χ1n) is 8.62. The van der Waals surface area contributed by atoms with Gasteiger partial charge in [0.15, 0.2) is 11.5 Å². The molecule has 0 aliphatic rings. The Morgan fingerprint density at radius 1 is 1.08 bits per heavy atom. The first-order chi connectivity index (χ1) is 12.6. The average Bonchev–Trinajstić information content (AvgIpc) is 3.05. The van der Waals surface area contributed by atoms with Gasteiger partial charge in [0.2, 0.25) is 0 Å². The van der Waals surface area contributed by atoms with Gasteiger partial charge < -0.3 is 14.4 Å². The predicted molar refractivity (Wildman–Crippen MR) is 104 cm³/mol. The quantitative estimate of drug-likeness (QED) is 0.620. The van der Waals surface area contributed by atoms with Crippen LogP contribution in [0.1, 0.15) is 29.2 Å². The molecule has 0 saturated carbocycles. The zero-order valence-electron chi connectivity index (χ0n) is 15.2. The summed E-state index contributed by atoms with van der Waals surface area (Å²) in [6.45, 7) is 5.35. The van der Waals surface area contributed by atoms with Crippen LogP contribution >= 0.6 is 11.3 Å². The van der Waals surface area contributed by atoms with Crippen molar-refractivity contribution in [3.63, 3.8) is 0 Å². The van der Waals surface area contributed by atoms with E-state index >= 15 is 0 Å². The summed E-state index contributed by atoms with van der Waals surface area (Å²) in [5.41, 5.74) is 1.54. The maximum atomic E-state index is 12.8. The van der Waals surface area contributed by atoms with Crippen LogP contribution in [0.4, 0.5) is 0 Å². The van der Waals surface area contributed by atoms with Gasteiger partial charge in [-0.15, -0.1) is 11.3 Å². The maximum Gasteiger partial charge on any atom is 0.254 e. The predicted octanol–water partition coefficient (Wildman–Crippen LogP) is 4.37. The highest BCUT2D eigenvalue weighted by atomic mass is 32.1. The molecule has 0 saturated heterocycles. The summed E-state index contributed by atoms with van der Waals surface area (Å²) in [6.07, 6.45) is 0. The maximum absolute atomic E-state index is 12.8. The van der Waals surface area contributed by atoms with Gasteiger partial charge in [-0.05, 0) is 44.2 Å². The highest BCUT2D eigenvalue weighted by Gasteiger charge is 2.17. The van der Waals surface area contributed by atoms with Crippen LogP contribution in [0.15, 0.2) is 42.5 Å². The first-order valence-corrected chi connectivity index (χ1v) is 9.43.